The van der Waals surface area contributed by atoms with E-state index in [0.717, 1.165) is 0 Å². The molecule has 3 rings (SSSR count). The summed E-state index contributed by atoms with van der Waals surface area (Å²) in [4.78, 5) is 38.5. The molecule has 0 aromatic heterocycles. The third-order valence-corrected chi connectivity index (χ3v) is 6.83. The normalized spacial score (nSPS) is 23.8. The minimum Gasteiger partial charge on any atom is -0.347 e. The Balaban J connectivity index is 1.58. The second kappa shape index (κ2) is 7.78. The zero-order valence-corrected chi connectivity index (χ0v) is 17.7. The van der Waals surface area contributed by atoms with E-state index in [-0.39, 0.29) is 53.8 Å². The molecule has 0 unspecified atom stereocenters. The number of amides is 3. The molecule has 2 N–H and O–H groups in total. The molecule has 2 heterocycles. The topological polar surface area (TPSA) is 113 Å². The van der Waals surface area contributed by atoms with Gasteiger partial charge in [-0.15, -0.1) is 0 Å². The second-order valence-corrected chi connectivity index (χ2v) is 11.0. The minimum atomic E-state index is -3.09. The van der Waals surface area contributed by atoms with Crippen molar-refractivity contribution in [2.45, 2.75) is 45.2 Å². The summed E-state index contributed by atoms with van der Waals surface area (Å²) in [5.74, 6) is -1.11. The van der Waals surface area contributed by atoms with Crippen LogP contribution < -0.4 is 10.6 Å². The van der Waals surface area contributed by atoms with Crippen LogP contribution in [0.1, 0.15) is 44.0 Å². The number of likely N-dealkylation sites (tertiary alicyclic amines) is 1. The Morgan fingerprint density at radius 3 is 2.34 bits per heavy atom. The Hall–Kier alpha value is -2.42. The molecular formula is C20H27N3O5S. The van der Waals surface area contributed by atoms with Crippen LogP contribution in [0.25, 0.3) is 0 Å². The molecule has 2 aliphatic heterocycles. The van der Waals surface area contributed by atoms with E-state index in [9.17, 15) is 22.8 Å². The highest BCUT2D eigenvalue weighted by Crippen LogP contribution is 2.27. The molecule has 3 amide bonds. The van der Waals surface area contributed by atoms with Gasteiger partial charge in [0, 0.05) is 35.8 Å². The molecule has 2 saturated heterocycles. The van der Waals surface area contributed by atoms with Gasteiger partial charge in [0.05, 0.1) is 17.4 Å². The zero-order chi connectivity index (χ0) is 21.4. The van der Waals surface area contributed by atoms with Crippen molar-refractivity contribution in [3.63, 3.8) is 0 Å². The van der Waals surface area contributed by atoms with Crippen LogP contribution in [0.15, 0.2) is 24.3 Å². The van der Waals surface area contributed by atoms with Crippen LogP contribution in [-0.4, -0.2) is 60.7 Å². The number of carbonyl (C=O) groups is 3. The molecule has 1 aromatic carbocycles. The van der Waals surface area contributed by atoms with Crippen molar-refractivity contribution >= 4 is 33.2 Å². The summed E-state index contributed by atoms with van der Waals surface area (Å²) >= 11 is 0. The fraction of sp³-hybridized carbons (Fsp3) is 0.550. The Bertz CT molecular complexity index is 918. The van der Waals surface area contributed by atoms with E-state index >= 15 is 0 Å². The highest BCUT2D eigenvalue weighted by molar-refractivity contribution is 7.91. The smallest absolute Gasteiger partial charge is 0.251 e. The van der Waals surface area contributed by atoms with Crippen LogP contribution in [0.5, 0.6) is 0 Å². The maximum Gasteiger partial charge on any atom is 0.251 e. The summed E-state index contributed by atoms with van der Waals surface area (Å²) in [6.45, 7) is 5.92. The summed E-state index contributed by atoms with van der Waals surface area (Å²) in [7, 11) is -3.09. The predicted molar refractivity (Wildman–Crippen MR) is 109 cm³/mol. The number of nitrogens with zero attached hydrogens (tertiary/aromatic N) is 1. The van der Waals surface area contributed by atoms with Gasteiger partial charge in [0.25, 0.3) is 5.91 Å². The van der Waals surface area contributed by atoms with Crippen molar-refractivity contribution in [2.24, 2.45) is 5.92 Å². The van der Waals surface area contributed by atoms with E-state index in [1.807, 2.05) is 20.8 Å². The molecule has 158 valence electrons. The van der Waals surface area contributed by atoms with Gasteiger partial charge in [0.2, 0.25) is 11.8 Å². The van der Waals surface area contributed by atoms with Crippen molar-refractivity contribution in [1.29, 1.82) is 0 Å². The fourth-order valence-electron chi connectivity index (χ4n) is 3.64. The van der Waals surface area contributed by atoms with Gasteiger partial charge >= 0.3 is 0 Å². The number of hydrogen-bond donors (Lipinski definition) is 2. The molecule has 1 aromatic rings. The molecule has 0 radical (unpaired) electrons. The monoisotopic (exact) mass is 421 g/mol. The summed E-state index contributed by atoms with van der Waals surface area (Å²) in [5.41, 5.74) is 0.683. The van der Waals surface area contributed by atoms with Crippen LogP contribution in [0.2, 0.25) is 0 Å². The molecule has 2 atom stereocenters. The Kier molecular flexibility index (Phi) is 5.71. The second-order valence-electron chi connectivity index (χ2n) is 8.77. The zero-order valence-electron chi connectivity index (χ0n) is 16.9. The molecule has 2 fully saturated rings. The van der Waals surface area contributed by atoms with Crippen LogP contribution in [0, 0.1) is 5.92 Å². The average Bonchev–Trinajstić information content (AvgIpc) is 3.16. The van der Waals surface area contributed by atoms with Crippen molar-refractivity contribution in [1.82, 2.24) is 10.2 Å². The first-order chi connectivity index (χ1) is 13.4. The van der Waals surface area contributed by atoms with Crippen LogP contribution in [0.4, 0.5) is 5.69 Å². The molecule has 29 heavy (non-hydrogen) atoms. The lowest BCUT2D eigenvalue weighted by atomic mass is 10.1. The van der Waals surface area contributed by atoms with Crippen molar-refractivity contribution in [3.05, 3.63) is 29.8 Å². The Labute approximate surface area is 170 Å². The third kappa shape index (κ3) is 5.35. The third-order valence-electron chi connectivity index (χ3n) is 5.08. The van der Waals surface area contributed by atoms with Crippen LogP contribution in [-0.2, 0) is 19.4 Å². The number of hydrogen-bond acceptors (Lipinski definition) is 5. The Morgan fingerprint density at radius 1 is 1.14 bits per heavy atom. The largest absolute Gasteiger partial charge is 0.347 e. The number of anilines is 1. The van der Waals surface area contributed by atoms with E-state index in [1.165, 1.54) is 4.90 Å². The number of benzene rings is 1. The molecule has 2 aliphatic rings. The molecule has 0 spiro atoms. The first-order valence-electron chi connectivity index (χ1n) is 9.67. The Morgan fingerprint density at radius 2 is 1.79 bits per heavy atom. The fourth-order valence-corrected chi connectivity index (χ4v) is 5.37. The molecule has 9 heteroatoms. The summed E-state index contributed by atoms with van der Waals surface area (Å²) in [5, 5.41) is 5.65. The standard InChI is InChI=1S/C20H27N3O5S/c1-20(2,3)22-19(26)13-4-6-15(7-5-13)21-18(25)14-10-17(24)23(11-14)16-8-9-29(27,28)12-16/h4-7,14,16H,8-12H2,1-3H3,(H,21,25)(H,22,26)/t14-,16-/m1/s1. The number of sulfone groups is 1. The SMILES string of the molecule is CC(C)(C)NC(=O)c1ccc(NC(=O)[C@@H]2CC(=O)N([C@@H]3CCS(=O)(=O)C3)C2)cc1. The average molecular weight is 422 g/mol. The molecule has 0 bridgehead atoms. The molecule has 8 nitrogen and oxygen atoms in total. The van der Waals surface area contributed by atoms with E-state index < -0.39 is 15.8 Å². The number of carbonyl (C=O) groups excluding carboxylic acids is 3. The number of rotatable bonds is 4. The number of nitrogens with one attached hydrogen (secondary N) is 2. The van der Waals surface area contributed by atoms with Gasteiger partial charge in [-0.2, -0.15) is 0 Å². The quantitative estimate of drug-likeness (QED) is 0.758. The van der Waals surface area contributed by atoms with Crippen LogP contribution in [0.3, 0.4) is 0 Å². The van der Waals surface area contributed by atoms with Gasteiger partial charge < -0.3 is 15.5 Å². The van der Waals surface area contributed by atoms with Gasteiger partial charge in [0.1, 0.15) is 0 Å². The first-order valence-corrected chi connectivity index (χ1v) is 11.5. The van der Waals surface area contributed by atoms with Crippen molar-refractivity contribution in [3.8, 4) is 0 Å². The van der Waals surface area contributed by atoms with Gasteiger partial charge in [-0.25, -0.2) is 8.42 Å². The summed E-state index contributed by atoms with van der Waals surface area (Å²) in [6, 6.07) is 6.23. The maximum atomic E-state index is 12.6. The lowest BCUT2D eigenvalue weighted by Gasteiger charge is -2.23. The molecule has 0 saturated carbocycles. The lowest BCUT2D eigenvalue weighted by molar-refractivity contribution is -0.129. The van der Waals surface area contributed by atoms with E-state index in [0.29, 0.717) is 17.7 Å². The van der Waals surface area contributed by atoms with Crippen molar-refractivity contribution in [2.75, 3.05) is 23.4 Å². The van der Waals surface area contributed by atoms with E-state index in [2.05, 4.69) is 10.6 Å². The first kappa shape index (κ1) is 21.3. The van der Waals surface area contributed by atoms with Gasteiger partial charge in [0.15, 0.2) is 9.84 Å². The maximum absolute atomic E-state index is 12.6. The highest BCUT2D eigenvalue weighted by atomic mass is 32.2. The summed E-state index contributed by atoms with van der Waals surface area (Å²) < 4.78 is 23.3. The molecular weight excluding hydrogens is 394 g/mol. The predicted octanol–water partition coefficient (Wildman–Crippen LogP) is 1.19. The van der Waals surface area contributed by atoms with Crippen LogP contribution >= 0.6 is 0 Å². The summed E-state index contributed by atoms with van der Waals surface area (Å²) in [6.07, 6.45) is 0.509. The molecule has 0 aliphatic carbocycles. The lowest BCUT2D eigenvalue weighted by Crippen LogP contribution is -2.40. The van der Waals surface area contributed by atoms with Gasteiger partial charge in [-0.3, -0.25) is 14.4 Å². The van der Waals surface area contributed by atoms with E-state index in [1.54, 1.807) is 24.3 Å². The minimum absolute atomic E-state index is 0.0226. The van der Waals surface area contributed by atoms with E-state index in [4.69, 9.17) is 0 Å². The van der Waals surface area contributed by atoms with Gasteiger partial charge in [-0.05, 0) is 51.5 Å². The highest BCUT2D eigenvalue weighted by Gasteiger charge is 2.41. The van der Waals surface area contributed by atoms with Gasteiger partial charge in [-0.1, -0.05) is 0 Å². The van der Waals surface area contributed by atoms with Crippen molar-refractivity contribution < 1.29 is 22.8 Å².